The number of nitrogens with zero attached hydrogens (tertiary/aromatic N) is 2. The lowest BCUT2D eigenvalue weighted by atomic mass is 10.1. The number of benzene rings is 1. The monoisotopic (exact) mass is 363 g/mol. The number of anilines is 1. The SMILES string of the molecule is Cc1cc(C)c2nc(NC(=O)CSc3n[nH]c(=O)[nH]c3=O)sc2c1. The Morgan fingerprint density at radius 3 is 2.88 bits per heavy atom. The topological polar surface area (TPSA) is 121 Å². The second kappa shape index (κ2) is 6.57. The van der Waals surface area contributed by atoms with Crippen LogP contribution in [0.1, 0.15) is 11.1 Å². The fourth-order valence-electron chi connectivity index (χ4n) is 2.15. The lowest BCUT2D eigenvalue weighted by Gasteiger charge is -2.00. The Labute approximate surface area is 143 Å². The Hall–Kier alpha value is -2.46. The van der Waals surface area contributed by atoms with Crippen LogP contribution in [-0.2, 0) is 4.79 Å². The summed E-state index contributed by atoms with van der Waals surface area (Å²) in [4.78, 5) is 40.9. The summed E-state index contributed by atoms with van der Waals surface area (Å²) in [6, 6.07) is 4.06. The molecule has 2 heterocycles. The van der Waals surface area contributed by atoms with Crippen molar-refractivity contribution in [2.24, 2.45) is 0 Å². The lowest BCUT2D eigenvalue weighted by Crippen LogP contribution is -2.25. The number of H-pyrrole nitrogens is 2. The van der Waals surface area contributed by atoms with Crippen molar-refractivity contribution in [3.63, 3.8) is 0 Å². The highest BCUT2D eigenvalue weighted by atomic mass is 32.2. The summed E-state index contributed by atoms with van der Waals surface area (Å²) in [5.41, 5.74) is 1.75. The van der Waals surface area contributed by atoms with Crippen LogP contribution in [0.25, 0.3) is 10.2 Å². The van der Waals surface area contributed by atoms with Crippen LogP contribution in [0.5, 0.6) is 0 Å². The van der Waals surface area contributed by atoms with Gasteiger partial charge in [0.2, 0.25) is 5.91 Å². The molecule has 0 fully saturated rings. The van der Waals surface area contributed by atoms with Crippen molar-refractivity contribution in [3.05, 3.63) is 44.1 Å². The summed E-state index contributed by atoms with van der Waals surface area (Å²) in [6.45, 7) is 3.99. The van der Waals surface area contributed by atoms with Gasteiger partial charge in [-0.25, -0.2) is 14.9 Å². The minimum atomic E-state index is -0.686. The molecule has 1 amide bonds. The van der Waals surface area contributed by atoms with Gasteiger partial charge < -0.3 is 5.32 Å². The van der Waals surface area contributed by atoms with Crippen LogP contribution in [0, 0.1) is 13.8 Å². The predicted molar refractivity (Wildman–Crippen MR) is 93.9 cm³/mol. The smallest absolute Gasteiger partial charge is 0.301 e. The van der Waals surface area contributed by atoms with E-state index >= 15 is 0 Å². The largest absolute Gasteiger partial charge is 0.342 e. The number of nitrogens with one attached hydrogen (secondary N) is 3. The van der Waals surface area contributed by atoms with Gasteiger partial charge in [0.1, 0.15) is 0 Å². The number of thioether (sulfide) groups is 1. The third-order valence-electron chi connectivity index (χ3n) is 3.10. The molecule has 0 saturated carbocycles. The van der Waals surface area contributed by atoms with E-state index < -0.39 is 11.2 Å². The van der Waals surface area contributed by atoms with Gasteiger partial charge in [-0.1, -0.05) is 29.2 Å². The summed E-state index contributed by atoms with van der Waals surface area (Å²) >= 11 is 2.33. The molecule has 3 aromatic rings. The number of aryl methyl sites for hydroxylation is 2. The van der Waals surface area contributed by atoms with Crippen molar-refractivity contribution in [2.45, 2.75) is 18.9 Å². The maximum atomic E-state index is 12.0. The molecule has 3 rings (SSSR count). The van der Waals surface area contributed by atoms with Gasteiger partial charge in [0.05, 0.1) is 16.0 Å². The molecule has 0 saturated heterocycles. The second-order valence-corrected chi connectivity index (χ2v) is 7.09. The highest BCUT2D eigenvalue weighted by molar-refractivity contribution is 7.99. The number of fused-ring (bicyclic) bond motifs is 1. The van der Waals surface area contributed by atoms with Crippen molar-refractivity contribution in [2.75, 3.05) is 11.1 Å². The van der Waals surface area contributed by atoms with E-state index in [2.05, 4.69) is 20.5 Å². The Bertz CT molecular complexity index is 1040. The van der Waals surface area contributed by atoms with Crippen LogP contribution in [0.4, 0.5) is 5.13 Å². The molecular formula is C14H13N5O3S2. The van der Waals surface area contributed by atoms with Crippen molar-refractivity contribution in [3.8, 4) is 0 Å². The summed E-state index contributed by atoms with van der Waals surface area (Å²) in [6.07, 6.45) is 0. The van der Waals surface area contributed by atoms with Crippen LogP contribution in [0.3, 0.4) is 0 Å². The molecule has 0 spiro atoms. The molecule has 0 unspecified atom stereocenters. The maximum absolute atomic E-state index is 12.0. The van der Waals surface area contributed by atoms with Gasteiger partial charge in [0.25, 0.3) is 5.56 Å². The molecule has 1 aromatic carbocycles. The van der Waals surface area contributed by atoms with E-state index in [1.54, 1.807) is 0 Å². The summed E-state index contributed by atoms with van der Waals surface area (Å²) in [5, 5.41) is 8.97. The molecule has 0 aliphatic carbocycles. The molecule has 0 atom stereocenters. The highest BCUT2D eigenvalue weighted by Crippen LogP contribution is 2.29. The Balaban J connectivity index is 1.70. The number of aromatic nitrogens is 4. The van der Waals surface area contributed by atoms with Gasteiger partial charge in [-0.3, -0.25) is 14.6 Å². The zero-order valence-electron chi connectivity index (χ0n) is 12.8. The first kappa shape index (κ1) is 16.4. The van der Waals surface area contributed by atoms with Crippen molar-refractivity contribution in [1.29, 1.82) is 0 Å². The number of thiazole rings is 1. The zero-order chi connectivity index (χ0) is 17.3. The highest BCUT2D eigenvalue weighted by Gasteiger charge is 2.12. The molecule has 24 heavy (non-hydrogen) atoms. The number of hydrogen-bond acceptors (Lipinski definition) is 7. The maximum Gasteiger partial charge on any atom is 0.342 e. The molecule has 0 aliphatic rings. The van der Waals surface area contributed by atoms with Crippen LogP contribution < -0.4 is 16.6 Å². The third-order valence-corrected chi connectivity index (χ3v) is 4.97. The molecule has 3 N–H and O–H groups in total. The van der Waals surface area contributed by atoms with E-state index in [-0.39, 0.29) is 16.7 Å². The molecule has 0 radical (unpaired) electrons. The first-order chi connectivity index (χ1) is 11.4. The van der Waals surface area contributed by atoms with E-state index in [1.165, 1.54) is 11.3 Å². The number of aromatic amines is 2. The van der Waals surface area contributed by atoms with E-state index in [9.17, 15) is 14.4 Å². The van der Waals surface area contributed by atoms with E-state index in [0.717, 1.165) is 33.1 Å². The molecule has 2 aromatic heterocycles. The minimum absolute atomic E-state index is 0.0178. The van der Waals surface area contributed by atoms with Gasteiger partial charge in [-0.05, 0) is 31.0 Å². The fraction of sp³-hybridized carbons (Fsp3) is 0.214. The van der Waals surface area contributed by atoms with Crippen LogP contribution in [0.2, 0.25) is 0 Å². The molecular weight excluding hydrogens is 350 g/mol. The lowest BCUT2D eigenvalue weighted by molar-refractivity contribution is -0.113. The number of amides is 1. The van der Waals surface area contributed by atoms with Crippen molar-refractivity contribution < 1.29 is 4.79 Å². The Morgan fingerprint density at radius 2 is 2.12 bits per heavy atom. The summed E-state index contributed by atoms with van der Waals surface area (Å²) < 4.78 is 1.01. The number of carbonyl (C=O) groups excluding carboxylic acids is 1. The van der Waals surface area contributed by atoms with Crippen molar-refractivity contribution >= 4 is 44.4 Å². The normalized spacial score (nSPS) is 10.9. The van der Waals surface area contributed by atoms with Gasteiger partial charge in [-0.15, -0.1) is 0 Å². The van der Waals surface area contributed by atoms with Crippen molar-refractivity contribution in [1.82, 2.24) is 20.2 Å². The van der Waals surface area contributed by atoms with Gasteiger partial charge in [0, 0.05) is 0 Å². The third kappa shape index (κ3) is 3.54. The minimum Gasteiger partial charge on any atom is -0.301 e. The fourth-order valence-corrected chi connectivity index (χ4v) is 3.84. The first-order valence-electron chi connectivity index (χ1n) is 6.92. The van der Waals surface area contributed by atoms with E-state index in [0.29, 0.717) is 5.13 Å². The van der Waals surface area contributed by atoms with Crippen LogP contribution >= 0.6 is 23.1 Å². The van der Waals surface area contributed by atoms with Gasteiger partial charge >= 0.3 is 5.69 Å². The quantitative estimate of drug-likeness (QED) is 0.603. The Kier molecular flexibility index (Phi) is 4.49. The van der Waals surface area contributed by atoms with Gasteiger partial charge in [-0.2, -0.15) is 5.10 Å². The molecule has 124 valence electrons. The van der Waals surface area contributed by atoms with Crippen LogP contribution in [0.15, 0.2) is 26.7 Å². The number of rotatable bonds is 4. The molecule has 0 aliphatic heterocycles. The average Bonchev–Trinajstić information content (AvgIpc) is 2.89. The molecule has 0 bridgehead atoms. The van der Waals surface area contributed by atoms with E-state index in [1.807, 2.05) is 31.0 Å². The average molecular weight is 363 g/mol. The number of carbonyl (C=O) groups is 1. The predicted octanol–water partition coefficient (Wildman–Crippen LogP) is 1.42. The first-order valence-corrected chi connectivity index (χ1v) is 8.72. The number of hydrogen-bond donors (Lipinski definition) is 3. The van der Waals surface area contributed by atoms with E-state index in [4.69, 9.17) is 0 Å². The summed E-state index contributed by atoms with van der Waals surface area (Å²) in [7, 11) is 0. The Morgan fingerprint density at radius 1 is 1.33 bits per heavy atom. The summed E-state index contributed by atoms with van der Waals surface area (Å²) in [5.74, 6) is -0.323. The molecule has 10 heteroatoms. The zero-order valence-corrected chi connectivity index (χ0v) is 14.4. The standard InChI is InChI=1S/C14H13N5O3S2/c1-6-3-7(2)10-8(4-6)24-14(16-10)15-9(20)5-23-12-11(21)17-13(22)19-18-12/h3-4H,5H2,1-2H3,(H,15,16,20)(H2,17,19,21,22). The molecule has 8 nitrogen and oxygen atoms in total. The van der Waals surface area contributed by atoms with Gasteiger partial charge in [0.15, 0.2) is 10.2 Å². The second-order valence-electron chi connectivity index (χ2n) is 5.10. The van der Waals surface area contributed by atoms with Crippen LogP contribution in [-0.4, -0.2) is 31.8 Å².